The van der Waals surface area contributed by atoms with Crippen molar-refractivity contribution in [2.75, 3.05) is 10.2 Å². The molecule has 0 saturated heterocycles. The van der Waals surface area contributed by atoms with Crippen molar-refractivity contribution in [2.45, 2.75) is 131 Å². The van der Waals surface area contributed by atoms with Gasteiger partial charge in [-0.2, -0.15) is 9.97 Å². The van der Waals surface area contributed by atoms with Crippen LogP contribution in [-0.4, -0.2) is 62.2 Å². The number of ether oxygens (including phenoxy) is 4. The lowest BCUT2D eigenvalue weighted by atomic mass is 9.95. The molecule has 0 radical (unpaired) electrons. The molecule has 0 aliphatic heterocycles. The Labute approximate surface area is 298 Å². The third-order valence-electron chi connectivity index (χ3n) is 7.98. The van der Waals surface area contributed by atoms with Gasteiger partial charge in [0.2, 0.25) is 5.95 Å². The van der Waals surface area contributed by atoms with Gasteiger partial charge in [-0.25, -0.2) is 14.4 Å². The Balaban J connectivity index is 1.90. The Bertz CT molecular complexity index is 1690. The van der Waals surface area contributed by atoms with E-state index in [1.54, 1.807) is 74.6 Å². The number of anilines is 2. The summed E-state index contributed by atoms with van der Waals surface area (Å²) in [6.07, 6.45) is 0.221. The van der Waals surface area contributed by atoms with Gasteiger partial charge in [0.05, 0.1) is 17.3 Å². The van der Waals surface area contributed by atoms with Gasteiger partial charge in [0, 0.05) is 11.6 Å². The van der Waals surface area contributed by atoms with Gasteiger partial charge >= 0.3 is 18.3 Å². The summed E-state index contributed by atoms with van der Waals surface area (Å²) in [6.45, 7) is 21.4. The SMILES string of the molecule is CCc1nccc2cc(-c3c(Cl)nc(N(C(=O)OC(C)(C)C)C(=O)OC(C)(C)C)nc3N[C@@H]3C[C@H](CC)[C@@H](C)[C@H]3OC(=O)OC(C)(C)C)oc12. The first kappa shape index (κ1) is 38.7. The molecule has 274 valence electrons. The second kappa shape index (κ2) is 14.6. The number of carbonyl (C=O) groups excluding carboxylic acids is 3. The molecule has 1 aliphatic rings. The number of furan rings is 1. The molecule has 3 aromatic rings. The van der Waals surface area contributed by atoms with Crippen molar-refractivity contribution < 1.29 is 37.7 Å². The van der Waals surface area contributed by atoms with Crippen LogP contribution < -0.4 is 10.2 Å². The third kappa shape index (κ3) is 9.35. The van der Waals surface area contributed by atoms with Crippen molar-refractivity contribution in [3.8, 4) is 11.3 Å². The summed E-state index contributed by atoms with van der Waals surface area (Å²) in [4.78, 5) is 54.2. The van der Waals surface area contributed by atoms with Crippen LogP contribution in [0.4, 0.5) is 26.1 Å². The number of nitrogens with one attached hydrogen (secondary N) is 1. The molecule has 3 heterocycles. The number of hydrogen-bond acceptors (Lipinski definition) is 12. The van der Waals surface area contributed by atoms with E-state index in [-0.39, 0.29) is 34.3 Å². The third-order valence-corrected chi connectivity index (χ3v) is 8.25. The van der Waals surface area contributed by atoms with Gasteiger partial charge in [0.15, 0.2) is 5.58 Å². The zero-order chi connectivity index (χ0) is 37.3. The molecular formula is C36H50ClN5O8. The lowest BCUT2D eigenvalue weighted by molar-refractivity contribution is -0.0366. The maximum Gasteiger partial charge on any atom is 0.509 e. The Hall–Kier alpha value is -4.13. The van der Waals surface area contributed by atoms with Crippen molar-refractivity contribution in [3.63, 3.8) is 0 Å². The summed E-state index contributed by atoms with van der Waals surface area (Å²) in [7, 11) is 0. The molecule has 1 saturated carbocycles. The number of imide groups is 1. The first-order valence-electron chi connectivity index (χ1n) is 17.0. The number of rotatable bonds is 7. The highest BCUT2D eigenvalue weighted by molar-refractivity contribution is 6.33. The summed E-state index contributed by atoms with van der Waals surface area (Å²) in [5.41, 5.74) is -1.10. The smallest absolute Gasteiger partial charge is 0.454 e. The molecule has 13 nitrogen and oxygen atoms in total. The average Bonchev–Trinajstić information content (AvgIpc) is 3.50. The minimum absolute atomic E-state index is 0.0466. The van der Waals surface area contributed by atoms with Gasteiger partial charge in [-0.1, -0.05) is 38.8 Å². The Kier molecular flexibility index (Phi) is 11.3. The number of amides is 2. The van der Waals surface area contributed by atoms with E-state index in [0.29, 0.717) is 29.1 Å². The van der Waals surface area contributed by atoms with Crippen molar-refractivity contribution in [3.05, 3.63) is 29.2 Å². The minimum atomic E-state index is -1.06. The Morgan fingerprint density at radius 2 is 1.56 bits per heavy atom. The lowest BCUT2D eigenvalue weighted by Gasteiger charge is -2.29. The summed E-state index contributed by atoms with van der Waals surface area (Å²) >= 11 is 6.95. The Morgan fingerprint density at radius 1 is 0.960 bits per heavy atom. The number of pyridine rings is 1. The first-order valence-corrected chi connectivity index (χ1v) is 17.4. The van der Waals surface area contributed by atoms with Crippen LogP contribution in [0.25, 0.3) is 22.3 Å². The number of fused-ring (bicyclic) bond motifs is 1. The van der Waals surface area contributed by atoms with Gasteiger partial charge in [-0.15, -0.1) is 4.90 Å². The fraction of sp³-hybridized carbons (Fsp3) is 0.611. The van der Waals surface area contributed by atoms with Crippen LogP contribution in [0.15, 0.2) is 22.7 Å². The molecule has 2 amide bonds. The van der Waals surface area contributed by atoms with Gasteiger partial charge in [0.1, 0.15) is 39.6 Å². The number of halogens is 1. The van der Waals surface area contributed by atoms with Crippen LogP contribution >= 0.6 is 11.6 Å². The predicted molar refractivity (Wildman–Crippen MR) is 190 cm³/mol. The molecule has 14 heteroatoms. The molecule has 1 aliphatic carbocycles. The van der Waals surface area contributed by atoms with Crippen molar-refractivity contribution >= 4 is 52.7 Å². The normalized spacial score (nSPS) is 19.6. The fourth-order valence-corrected chi connectivity index (χ4v) is 6.09. The number of hydrogen-bond donors (Lipinski definition) is 1. The number of aryl methyl sites for hydroxylation is 1. The quantitative estimate of drug-likeness (QED) is 0.141. The number of carbonyl (C=O) groups is 3. The molecule has 0 aromatic carbocycles. The Morgan fingerprint density at radius 3 is 2.10 bits per heavy atom. The standard InChI is InChI=1S/C36H50ClN5O8/c1-13-20-17-23(26(19(20)3)47-33(45)50-36(10,11)12)39-29-25(24-18-21-15-16-38-22(14-2)27(21)46-24)28(37)40-30(41-29)42(31(43)48-34(4,5)6)32(44)49-35(7,8)9/h15-16,18-20,23,26H,13-14,17H2,1-12H3,(H,39,40,41)/t19-,20+,23-,26-/m1/s1. The van der Waals surface area contributed by atoms with Crippen molar-refractivity contribution in [2.24, 2.45) is 11.8 Å². The monoisotopic (exact) mass is 715 g/mol. The second-order valence-corrected chi connectivity index (χ2v) is 15.9. The molecule has 3 aromatic heterocycles. The van der Waals surface area contributed by atoms with E-state index in [2.05, 4.69) is 22.2 Å². The van der Waals surface area contributed by atoms with Crippen LogP contribution in [-0.2, 0) is 25.4 Å². The predicted octanol–water partition coefficient (Wildman–Crippen LogP) is 9.34. The van der Waals surface area contributed by atoms with Gasteiger partial charge in [-0.05, 0) is 99.1 Å². The van der Waals surface area contributed by atoms with E-state index in [1.807, 2.05) is 19.9 Å². The van der Waals surface area contributed by atoms with E-state index in [9.17, 15) is 14.4 Å². The highest BCUT2D eigenvalue weighted by Gasteiger charge is 2.44. The van der Waals surface area contributed by atoms with Gasteiger partial charge in [-0.3, -0.25) is 4.98 Å². The van der Waals surface area contributed by atoms with Crippen LogP contribution in [0.3, 0.4) is 0 Å². The molecule has 0 bridgehead atoms. The highest BCUT2D eigenvalue weighted by atomic mass is 35.5. The van der Waals surface area contributed by atoms with Crippen LogP contribution in [0.1, 0.15) is 102 Å². The van der Waals surface area contributed by atoms with E-state index < -0.39 is 47.3 Å². The van der Waals surface area contributed by atoms with E-state index in [4.69, 9.17) is 39.9 Å². The molecule has 1 N–H and O–H groups in total. The molecule has 1 fully saturated rings. The maximum absolute atomic E-state index is 13.6. The molecular weight excluding hydrogens is 666 g/mol. The molecule has 0 unspecified atom stereocenters. The summed E-state index contributed by atoms with van der Waals surface area (Å²) < 4.78 is 28.9. The molecule has 50 heavy (non-hydrogen) atoms. The lowest BCUT2D eigenvalue weighted by Crippen LogP contribution is -2.45. The zero-order valence-electron chi connectivity index (χ0n) is 31.1. The van der Waals surface area contributed by atoms with Crippen molar-refractivity contribution in [1.82, 2.24) is 15.0 Å². The van der Waals surface area contributed by atoms with E-state index in [1.165, 1.54) is 0 Å². The molecule has 4 atom stereocenters. The largest absolute Gasteiger partial charge is 0.509 e. The summed E-state index contributed by atoms with van der Waals surface area (Å²) in [5.74, 6) is 0.207. The van der Waals surface area contributed by atoms with Crippen LogP contribution in [0.2, 0.25) is 5.15 Å². The van der Waals surface area contributed by atoms with E-state index >= 15 is 0 Å². The average molecular weight is 716 g/mol. The van der Waals surface area contributed by atoms with Crippen LogP contribution in [0.5, 0.6) is 0 Å². The van der Waals surface area contributed by atoms with E-state index in [0.717, 1.165) is 17.5 Å². The first-order chi connectivity index (χ1) is 23.1. The fourth-order valence-electron chi connectivity index (χ4n) is 5.83. The number of aromatic nitrogens is 3. The highest BCUT2D eigenvalue weighted by Crippen LogP contribution is 2.42. The summed E-state index contributed by atoms with van der Waals surface area (Å²) in [6, 6.07) is 3.14. The second-order valence-electron chi connectivity index (χ2n) is 15.5. The summed E-state index contributed by atoms with van der Waals surface area (Å²) in [5, 5.41) is 4.09. The van der Waals surface area contributed by atoms with Crippen molar-refractivity contribution in [1.29, 1.82) is 0 Å². The topological polar surface area (TPSA) is 155 Å². The van der Waals surface area contributed by atoms with Gasteiger partial charge < -0.3 is 28.7 Å². The maximum atomic E-state index is 13.6. The number of nitrogens with zero attached hydrogens (tertiary/aromatic N) is 4. The molecule has 0 spiro atoms. The minimum Gasteiger partial charge on any atom is -0.454 e. The van der Waals surface area contributed by atoms with Gasteiger partial charge in [0.25, 0.3) is 0 Å². The molecule has 4 rings (SSSR count). The van der Waals surface area contributed by atoms with Crippen LogP contribution in [0, 0.1) is 11.8 Å². The zero-order valence-corrected chi connectivity index (χ0v) is 31.9.